The predicted octanol–water partition coefficient (Wildman–Crippen LogP) is 3.76. The van der Waals surface area contributed by atoms with E-state index in [0.717, 1.165) is 16.6 Å². The van der Waals surface area contributed by atoms with Crippen molar-refractivity contribution in [1.82, 2.24) is 9.38 Å². The number of nitrogens with zero attached hydrogens (tertiary/aromatic N) is 2. The molecule has 0 radical (unpaired) electrons. The third kappa shape index (κ3) is 2.11. The molecule has 0 spiro atoms. The minimum Gasteiger partial charge on any atom is -0.267 e. The number of fused-ring (bicyclic) bond motifs is 3. The summed E-state index contributed by atoms with van der Waals surface area (Å²) in [6.07, 6.45) is 1.80. The van der Waals surface area contributed by atoms with Crippen LogP contribution in [0.2, 0.25) is 10.0 Å². The van der Waals surface area contributed by atoms with Crippen molar-refractivity contribution >= 4 is 56.6 Å². The Hall–Kier alpha value is -1.88. The van der Waals surface area contributed by atoms with Crippen LogP contribution in [-0.4, -0.2) is 9.38 Å². The van der Waals surface area contributed by atoms with E-state index < -0.39 is 0 Å². The van der Waals surface area contributed by atoms with E-state index in [-0.39, 0.29) is 5.56 Å². The van der Waals surface area contributed by atoms with Crippen LogP contribution in [0.1, 0.15) is 5.56 Å². The van der Waals surface area contributed by atoms with Gasteiger partial charge in [0, 0.05) is 0 Å². The molecular weight excluding hydrogens is 339 g/mol. The minimum absolute atomic E-state index is 0.0697. The number of hydrogen-bond acceptors (Lipinski definition) is 3. The van der Waals surface area contributed by atoms with E-state index in [1.165, 1.54) is 11.3 Å². The monoisotopic (exact) mass is 346 g/mol. The Morgan fingerprint density at radius 2 is 1.91 bits per heavy atom. The first-order chi connectivity index (χ1) is 10.6. The van der Waals surface area contributed by atoms with Crippen molar-refractivity contribution in [2.75, 3.05) is 0 Å². The molecule has 2 aromatic heterocycles. The highest BCUT2D eigenvalue weighted by molar-refractivity contribution is 7.15. The van der Waals surface area contributed by atoms with Gasteiger partial charge in [-0.25, -0.2) is 9.38 Å². The van der Waals surface area contributed by atoms with E-state index in [9.17, 15) is 4.79 Å². The van der Waals surface area contributed by atoms with Crippen LogP contribution in [0.3, 0.4) is 0 Å². The number of hydrogen-bond donors (Lipinski definition) is 0. The molecule has 3 nitrogen and oxygen atoms in total. The second-order valence-corrected chi connectivity index (χ2v) is 6.63. The number of halogens is 2. The average molecular weight is 347 g/mol. The van der Waals surface area contributed by atoms with Crippen molar-refractivity contribution in [3.63, 3.8) is 0 Å². The van der Waals surface area contributed by atoms with E-state index in [1.54, 1.807) is 22.6 Å². The molecule has 2 heterocycles. The Labute approximate surface area is 139 Å². The summed E-state index contributed by atoms with van der Waals surface area (Å²) in [6, 6.07) is 12.9. The summed E-state index contributed by atoms with van der Waals surface area (Å²) in [5.74, 6) is 0. The Balaban J connectivity index is 1.99. The summed E-state index contributed by atoms with van der Waals surface area (Å²) < 4.78 is 2.26. The first-order valence-corrected chi connectivity index (χ1v) is 8.07. The Bertz CT molecular complexity index is 1130. The quantitative estimate of drug-likeness (QED) is 0.525. The molecule has 0 aliphatic rings. The number of para-hydroxylation sites is 2. The number of aromatic nitrogens is 2. The van der Waals surface area contributed by atoms with Crippen LogP contribution in [0.5, 0.6) is 0 Å². The summed E-state index contributed by atoms with van der Waals surface area (Å²) in [4.78, 5) is 17.8. The standard InChI is InChI=1S/C16H8Cl2N2OS/c17-10-6-5-9(7-11(10)18)8-14-15(21)20-13-4-2-1-3-12(13)19-16(20)22-14/h1-8H/b14-8-. The lowest BCUT2D eigenvalue weighted by atomic mass is 10.2. The van der Waals surface area contributed by atoms with E-state index in [1.807, 2.05) is 30.3 Å². The summed E-state index contributed by atoms with van der Waals surface area (Å²) in [5, 5.41) is 0.961. The van der Waals surface area contributed by atoms with E-state index in [2.05, 4.69) is 4.98 Å². The highest BCUT2D eigenvalue weighted by Gasteiger charge is 2.10. The summed E-state index contributed by atoms with van der Waals surface area (Å²) in [5.41, 5.74) is 2.42. The van der Waals surface area contributed by atoms with Crippen molar-refractivity contribution < 1.29 is 0 Å². The molecule has 0 aliphatic carbocycles. The zero-order chi connectivity index (χ0) is 15.3. The van der Waals surface area contributed by atoms with E-state index >= 15 is 0 Å². The highest BCUT2D eigenvalue weighted by atomic mass is 35.5. The van der Waals surface area contributed by atoms with Gasteiger partial charge >= 0.3 is 0 Å². The van der Waals surface area contributed by atoms with Gasteiger partial charge in [0.05, 0.1) is 25.6 Å². The van der Waals surface area contributed by atoms with Crippen LogP contribution in [0.4, 0.5) is 0 Å². The molecule has 108 valence electrons. The van der Waals surface area contributed by atoms with Gasteiger partial charge in [0.1, 0.15) is 0 Å². The molecule has 0 N–H and O–H groups in total. The Morgan fingerprint density at radius 3 is 2.73 bits per heavy atom. The van der Waals surface area contributed by atoms with Crippen molar-refractivity contribution in [1.29, 1.82) is 0 Å². The third-order valence-electron chi connectivity index (χ3n) is 3.39. The number of imidazole rings is 1. The van der Waals surface area contributed by atoms with Gasteiger partial charge in [-0.1, -0.05) is 52.7 Å². The van der Waals surface area contributed by atoms with Crippen LogP contribution in [0.15, 0.2) is 47.3 Å². The summed E-state index contributed by atoms with van der Waals surface area (Å²) in [7, 11) is 0. The number of benzene rings is 2. The lowest BCUT2D eigenvalue weighted by Crippen LogP contribution is -2.22. The molecule has 0 saturated heterocycles. The average Bonchev–Trinajstić information content (AvgIpc) is 3.00. The van der Waals surface area contributed by atoms with Crippen LogP contribution in [0, 0.1) is 0 Å². The van der Waals surface area contributed by atoms with Crippen LogP contribution >= 0.6 is 34.5 Å². The Morgan fingerprint density at radius 1 is 1.09 bits per heavy atom. The van der Waals surface area contributed by atoms with Crippen LogP contribution in [0.25, 0.3) is 22.1 Å². The van der Waals surface area contributed by atoms with E-state index in [4.69, 9.17) is 23.2 Å². The third-order valence-corrected chi connectivity index (χ3v) is 5.09. The Kier molecular flexibility index (Phi) is 3.18. The first-order valence-electron chi connectivity index (χ1n) is 6.50. The molecule has 4 aromatic rings. The fourth-order valence-electron chi connectivity index (χ4n) is 2.37. The highest BCUT2D eigenvalue weighted by Crippen LogP contribution is 2.23. The maximum absolute atomic E-state index is 12.6. The smallest absolute Gasteiger partial charge is 0.267 e. The molecule has 4 rings (SSSR count). The van der Waals surface area contributed by atoms with Gasteiger partial charge in [-0.05, 0) is 35.9 Å². The van der Waals surface area contributed by atoms with Crippen molar-refractivity contribution in [3.8, 4) is 0 Å². The summed E-state index contributed by atoms with van der Waals surface area (Å²) in [6.45, 7) is 0. The zero-order valence-corrected chi connectivity index (χ0v) is 13.4. The summed E-state index contributed by atoms with van der Waals surface area (Å²) >= 11 is 13.3. The maximum Gasteiger partial charge on any atom is 0.274 e. The van der Waals surface area contributed by atoms with Gasteiger partial charge in [0.25, 0.3) is 5.56 Å². The van der Waals surface area contributed by atoms with Crippen molar-refractivity contribution in [2.45, 2.75) is 0 Å². The lowest BCUT2D eigenvalue weighted by molar-refractivity contribution is 1.19. The number of thiazole rings is 1. The molecule has 6 heteroatoms. The van der Waals surface area contributed by atoms with Gasteiger partial charge in [-0.15, -0.1) is 0 Å². The van der Waals surface area contributed by atoms with Gasteiger partial charge in [-0.2, -0.15) is 0 Å². The molecular formula is C16H8Cl2N2OS. The molecule has 0 atom stereocenters. The van der Waals surface area contributed by atoms with E-state index in [0.29, 0.717) is 19.5 Å². The van der Waals surface area contributed by atoms with Crippen LogP contribution < -0.4 is 10.1 Å². The second kappa shape index (κ2) is 5.09. The van der Waals surface area contributed by atoms with Crippen molar-refractivity contribution in [2.24, 2.45) is 0 Å². The second-order valence-electron chi connectivity index (χ2n) is 4.81. The minimum atomic E-state index is -0.0697. The van der Waals surface area contributed by atoms with Gasteiger partial charge in [-0.3, -0.25) is 4.79 Å². The topological polar surface area (TPSA) is 34.4 Å². The largest absolute Gasteiger partial charge is 0.274 e. The molecule has 0 unspecified atom stereocenters. The lowest BCUT2D eigenvalue weighted by Gasteiger charge is -1.96. The van der Waals surface area contributed by atoms with Gasteiger partial charge < -0.3 is 0 Å². The van der Waals surface area contributed by atoms with Gasteiger partial charge in [0.15, 0.2) is 4.96 Å². The normalized spacial score (nSPS) is 12.5. The molecule has 0 aliphatic heterocycles. The molecule has 0 bridgehead atoms. The maximum atomic E-state index is 12.6. The molecule has 22 heavy (non-hydrogen) atoms. The fourth-order valence-corrected chi connectivity index (χ4v) is 3.66. The van der Waals surface area contributed by atoms with Crippen molar-refractivity contribution in [3.05, 3.63) is 73.0 Å². The number of rotatable bonds is 1. The predicted molar refractivity (Wildman–Crippen MR) is 92.1 cm³/mol. The molecule has 2 aromatic carbocycles. The fraction of sp³-hybridized carbons (Fsp3) is 0. The molecule has 0 amide bonds. The SMILES string of the molecule is O=c1/c(=C/c2ccc(Cl)c(Cl)c2)sc2nc3ccccc3n12. The first kappa shape index (κ1) is 13.8. The molecule has 0 saturated carbocycles. The molecule has 0 fully saturated rings. The van der Waals surface area contributed by atoms with Gasteiger partial charge in [0.2, 0.25) is 0 Å². The van der Waals surface area contributed by atoms with Crippen LogP contribution in [-0.2, 0) is 0 Å². The zero-order valence-electron chi connectivity index (χ0n) is 11.1.